The number of carbonyl (C=O) groups excluding carboxylic acids is 1. The molecule has 2 aromatic rings. The normalized spacial score (nSPS) is 19.4. The highest BCUT2D eigenvalue weighted by molar-refractivity contribution is 5.93. The average molecular weight is 258 g/mol. The second-order valence-electron chi connectivity index (χ2n) is 4.36. The summed E-state index contributed by atoms with van der Waals surface area (Å²) < 4.78 is 5.66. The minimum absolute atomic E-state index is 0.0130. The van der Waals surface area contributed by atoms with Crippen LogP contribution >= 0.6 is 0 Å². The van der Waals surface area contributed by atoms with Gasteiger partial charge in [0.2, 0.25) is 0 Å². The predicted molar refractivity (Wildman–Crippen MR) is 67.4 cm³/mol. The fraction of sp³-hybridized carbons (Fsp3) is 0.308. The molecule has 98 valence electrons. The Morgan fingerprint density at radius 1 is 1.42 bits per heavy atom. The number of H-pyrrole nitrogens is 1. The molecule has 0 aromatic carbocycles. The van der Waals surface area contributed by atoms with Crippen molar-refractivity contribution < 1.29 is 9.53 Å². The summed E-state index contributed by atoms with van der Waals surface area (Å²) in [6.45, 7) is 1.64. The van der Waals surface area contributed by atoms with Gasteiger partial charge < -0.3 is 9.64 Å². The van der Waals surface area contributed by atoms with E-state index in [2.05, 4.69) is 15.2 Å². The summed E-state index contributed by atoms with van der Waals surface area (Å²) in [5.41, 5.74) is 1.50. The van der Waals surface area contributed by atoms with Gasteiger partial charge in [0.1, 0.15) is 6.10 Å². The van der Waals surface area contributed by atoms with Gasteiger partial charge in [-0.1, -0.05) is 0 Å². The lowest BCUT2D eigenvalue weighted by molar-refractivity contribution is -0.0247. The molecule has 1 aliphatic heterocycles. The molecule has 3 heterocycles. The van der Waals surface area contributed by atoms with Gasteiger partial charge in [0.25, 0.3) is 5.91 Å². The van der Waals surface area contributed by atoms with Crippen molar-refractivity contribution in [2.24, 2.45) is 0 Å². The Hall–Kier alpha value is -2.21. The van der Waals surface area contributed by atoms with Gasteiger partial charge in [0.05, 0.1) is 24.4 Å². The number of aromatic amines is 1. The predicted octanol–water partition coefficient (Wildman–Crippen LogP) is 1.02. The summed E-state index contributed by atoms with van der Waals surface area (Å²) in [5, 5.41) is 6.79. The van der Waals surface area contributed by atoms with Gasteiger partial charge >= 0.3 is 0 Å². The van der Waals surface area contributed by atoms with E-state index in [4.69, 9.17) is 4.74 Å². The molecule has 0 radical (unpaired) electrons. The second kappa shape index (κ2) is 5.19. The molecule has 1 N–H and O–H groups in total. The van der Waals surface area contributed by atoms with Crippen LogP contribution in [0.5, 0.6) is 0 Å². The number of nitrogens with one attached hydrogen (secondary N) is 1. The van der Waals surface area contributed by atoms with E-state index in [1.54, 1.807) is 35.6 Å². The van der Waals surface area contributed by atoms with Gasteiger partial charge in [-0.3, -0.25) is 14.9 Å². The second-order valence-corrected chi connectivity index (χ2v) is 4.36. The van der Waals surface area contributed by atoms with Gasteiger partial charge in [-0.05, 0) is 18.2 Å². The lowest BCUT2D eigenvalue weighted by atomic mass is 10.2. The van der Waals surface area contributed by atoms with Crippen molar-refractivity contribution in [1.82, 2.24) is 20.1 Å². The minimum atomic E-state index is -0.142. The van der Waals surface area contributed by atoms with Crippen molar-refractivity contribution in [3.63, 3.8) is 0 Å². The molecule has 1 atom stereocenters. The SMILES string of the molecule is O=C(c1cccnc1)N1CCOC(c2ccn[nH]2)C1. The van der Waals surface area contributed by atoms with Crippen molar-refractivity contribution in [3.8, 4) is 0 Å². The highest BCUT2D eigenvalue weighted by atomic mass is 16.5. The molecule has 1 fully saturated rings. The summed E-state index contributed by atoms with van der Waals surface area (Å²) >= 11 is 0. The zero-order valence-electron chi connectivity index (χ0n) is 10.3. The first kappa shape index (κ1) is 11.9. The molecule has 0 spiro atoms. The Labute approximate surface area is 110 Å². The quantitative estimate of drug-likeness (QED) is 0.873. The third-order valence-electron chi connectivity index (χ3n) is 3.13. The first-order valence-corrected chi connectivity index (χ1v) is 6.15. The summed E-state index contributed by atoms with van der Waals surface area (Å²) in [5.74, 6) is -0.0130. The van der Waals surface area contributed by atoms with Crippen molar-refractivity contribution in [3.05, 3.63) is 48.0 Å². The number of morpholine rings is 1. The molecular weight excluding hydrogens is 244 g/mol. The van der Waals surface area contributed by atoms with Gasteiger partial charge in [0.15, 0.2) is 0 Å². The van der Waals surface area contributed by atoms with E-state index >= 15 is 0 Å². The molecule has 0 bridgehead atoms. The maximum Gasteiger partial charge on any atom is 0.255 e. The largest absolute Gasteiger partial charge is 0.368 e. The van der Waals surface area contributed by atoms with Crippen LogP contribution in [0.4, 0.5) is 0 Å². The molecule has 1 amide bonds. The molecule has 0 saturated carbocycles. The average Bonchev–Trinajstić information content (AvgIpc) is 3.02. The fourth-order valence-corrected chi connectivity index (χ4v) is 2.14. The van der Waals surface area contributed by atoms with Crippen LogP contribution in [-0.4, -0.2) is 45.7 Å². The summed E-state index contributed by atoms with van der Waals surface area (Å²) in [7, 11) is 0. The summed E-state index contributed by atoms with van der Waals surface area (Å²) in [6, 6.07) is 5.40. The lowest BCUT2D eigenvalue weighted by Crippen LogP contribution is -2.42. The first-order valence-electron chi connectivity index (χ1n) is 6.15. The van der Waals surface area contributed by atoms with Crippen molar-refractivity contribution in [1.29, 1.82) is 0 Å². The molecular formula is C13H14N4O2. The Morgan fingerprint density at radius 3 is 3.11 bits per heavy atom. The third-order valence-corrected chi connectivity index (χ3v) is 3.13. The van der Waals surface area contributed by atoms with Crippen LogP contribution in [0.2, 0.25) is 0 Å². The number of hydrogen-bond acceptors (Lipinski definition) is 4. The minimum Gasteiger partial charge on any atom is -0.368 e. The maximum atomic E-state index is 12.3. The topological polar surface area (TPSA) is 71.1 Å². The number of aromatic nitrogens is 3. The molecule has 1 aliphatic rings. The van der Waals surface area contributed by atoms with Crippen molar-refractivity contribution in [2.45, 2.75) is 6.10 Å². The van der Waals surface area contributed by atoms with Gasteiger partial charge in [-0.15, -0.1) is 0 Å². The molecule has 0 aliphatic carbocycles. The van der Waals surface area contributed by atoms with Crippen LogP contribution < -0.4 is 0 Å². The molecule has 1 saturated heterocycles. The molecule has 19 heavy (non-hydrogen) atoms. The standard InChI is InChI=1S/C13H14N4O2/c18-13(10-2-1-4-14-8-10)17-6-7-19-12(9-17)11-3-5-15-16-11/h1-5,8,12H,6-7,9H2,(H,15,16). The molecule has 1 unspecified atom stereocenters. The van der Waals surface area contributed by atoms with E-state index in [0.29, 0.717) is 25.3 Å². The van der Waals surface area contributed by atoms with Gasteiger partial charge in [-0.25, -0.2) is 0 Å². The number of nitrogens with zero attached hydrogens (tertiary/aromatic N) is 3. The highest BCUT2D eigenvalue weighted by Gasteiger charge is 2.26. The molecule has 6 nitrogen and oxygen atoms in total. The van der Waals surface area contributed by atoms with Crippen molar-refractivity contribution in [2.75, 3.05) is 19.7 Å². The fourth-order valence-electron chi connectivity index (χ4n) is 2.14. The molecule has 2 aromatic heterocycles. The van der Waals surface area contributed by atoms with Gasteiger partial charge in [-0.2, -0.15) is 5.10 Å². The number of rotatable bonds is 2. The van der Waals surface area contributed by atoms with Gasteiger partial charge in [0, 0.05) is 25.1 Å². The van der Waals surface area contributed by atoms with E-state index in [9.17, 15) is 4.79 Å². The number of pyridine rings is 1. The zero-order chi connectivity index (χ0) is 13.1. The van der Waals surface area contributed by atoms with Crippen LogP contribution in [0.3, 0.4) is 0 Å². The van der Waals surface area contributed by atoms with Crippen LogP contribution in [0.15, 0.2) is 36.8 Å². The Kier molecular flexibility index (Phi) is 3.24. The Balaban J connectivity index is 1.73. The smallest absolute Gasteiger partial charge is 0.255 e. The third kappa shape index (κ3) is 2.48. The molecule has 3 rings (SSSR count). The zero-order valence-corrected chi connectivity index (χ0v) is 10.3. The maximum absolute atomic E-state index is 12.3. The summed E-state index contributed by atoms with van der Waals surface area (Å²) in [4.78, 5) is 18.1. The highest BCUT2D eigenvalue weighted by Crippen LogP contribution is 2.21. The van der Waals surface area contributed by atoms with E-state index in [-0.39, 0.29) is 12.0 Å². The van der Waals surface area contributed by atoms with E-state index in [1.807, 2.05) is 6.07 Å². The van der Waals surface area contributed by atoms with E-state index in [0.717, 1.165) is 5.69 Å². The van der Waals surface area contributed by atoms with Crippen LogP contribution in [-0.2, 0) is 4.74 Å². The van der Waals surface area contributed by atoms with Crippen LogP contribution in [0.1, 0.15) is 22.2 Å². The number of amides is 1. The lowest BCUT2D eigenvalue weighted by Gasteiger charge is -2.32. The Morgan fingerprint density at radius 2 is 2.37 bits per heavy atom. The van der Waals surface area contributed by atoms with E-state index in [1.165, 1.54) is 0 Å². The van der Waals surface area contributed by atoms with Crippen molar-refractivity contribution >= 4 is 5.91 Å². The number of hydrogen-bond donors (Lipinski definition) is 1. The summed E-state index contributed by atoms with van der Waals surface area (Å²) in [6.07, 6.45) is 4.78. The Bertz CT molecular complexity index is 541. The van der Waals surface area contributed by atoms with Crippen LogP contribution in [0, 0.1) is 0 Å². The van der Waals surface area contributed by atoms with E-state index < -0.39 is 0 Å². The number of carbonyl (C=O) groups is 1. The van der Waals surface area contributed by atoms with Crippen LogP contribution in [0.25, 0.3) is 0 Å². The number of ether oxygens (including phenoxy) is 1. The molecule has 6 heteroatoms. The monoisotopic (exact) mass is 258 g/mol. The first-order chi connectivity index (χ1) is 9.34.